The van der Waals surface area contributed by atoms with Crippen LogP contribution >= 0.6 is 0 Å². The third-order valence-electron chi connectivity index (χ3n) is 12.0. The van der Waals surface area contributed by atoms with Crippen molar-refractivity contribution in [3.63, 3.8) is 0 Å². The molecule has 11 aromatic carbocycles. The maximum Gasteiger partial charge on any atom is 0.143 e. The average Bonchev–Trinajstić information content (AvgIpc) is 3.66. The van der Waals surface area contributed by atoms with Gasteiger partial charge in [-0.2, -0.15) is 0 Å². The first kappa shape index (κ1) is 32.6. The molecular formula is C56H35NO. The molecule has 12 aromatic rings. The van der Waals surface area contributed by atoms with E-state index in [2.05, 4.69) is 217 Å². The molecule has 2 heteroatoms. The predicted molar refractivity (Wildman–Crippen MR) is 247 cm³/mol. The number of anilines is 3. The van der Waals surface area contributed by atoms with Gasteiger partial charge in [0.2, 0.25) is 0 Å². The van der Waals surface area contributed by atoms with Crippen LogP contribution in [-0.2, 0) is 0 Å². The highest BCUT2D eigenvalue weighted by Gasteiger charge is 2.22. The zero-order chi connectivity index (χ0) is 38.2. The molecule has 0 aliphatic heterocycles. The quantitative estimate of drug-likeness (QED) is 0.164. The number of para-hydroxylation sites is 2. The van der Waals surface area contributed by atoms with Crippen molar-refractivity contribution < 1.29 is 4.42 Å². The normalized spacial score (nSPS) is 11.8. The third-order valence-corrected chi connectivity index (χ3v) is 12.0. The first-order valence-corrected chi connectivity index (χ1v) is 19.9. The minimum absolute atomic E-state index is 0.892. The van der Waals surface area contributed by atoms with E-state index in [4.69, 9.17) is 4.42 Å². The number of hydrogen-bond acceptors (Lipinski definition) is 2. The van der Waals surface area contributed by atoms with Crippen LogP contribution in [0.1, 0.15) is 0 Å². The molecular weight excluding hydrogens is 703 g/mol. The van der Waals surface area contributed by atoms with E-state index in [9.17, 15) is 0 Å². The summed E-state index contributed by atoms with van der Waals surface area (Å²) in [4.78, 5) is 2.43. The van der Waals surface area contributed by atoms with E-state index >= 15 is 0 Å². The smallest absolute Gasteiger partial charge is 0.143 e. The van der Waals surface area contributed by atoms with Crippen molar-refractivity contribution >= 4 is 92.9 Å². The van der Waals surface area contributed by atoms with E-state index in [0.29, 0.717) is 0 Å². The average molecular weight is 738 g/mol. The minimum Gasteiger partial charge on any atom is -0.455 e. The Morgan fingerprint density at radius 2 is 0.828 bits per heavy atom. The summed E-state index contributed by atoms with van der Waals surface area (Å²) in [5.41, 5.74) is 9.61. The molecule has 2 nitrogen and oxygen atoms in total. The summed E-state index contributed by atoms with van der Waals surface area (Å²) in [5.74, 6) is 0. The molecule has 270 valence electrons. The van der Waals surface area contributed by atoms with Gasteiger partial charge in [0.15, 0.2) is 0 Å². The highest BCUT2D eigenvalue weighted by atomic mass is 16.3. The Labute approximate surface area is 335 Å². The van der Waals surface area contributed by atoms with Gasteiger partial charge in [0.05, 0.1) is 11.4 Å². The molecule has 0 spiro atoms. The van der Waals surface area contributed by atoms with Gasteiger partial charge in [-0.3, -0.25) is 0 Å². The SMILES string of the molecule is c1ccc(N(c2ccc(-c3cccc4c3ccc3ccccc34)cc2)c2cccc3c2ccc2ccccc23)c(-c2cccc3c2oc2cc4ccccc4cc23)c1. The first-order chi connectivity index (χ1) is 28.8. The van der Waals surface area contributed by atoms with Gasteiger partial charge in [0, 0.05) is 33.0 Å². The Kier molecular flexibility index (Phi) is 7.26. The van der Waals surface area contributed by atoms with Gasteiger partial charge in [0.1, 0.15) is 11.2 Å². The lowest BCUT2D eigenvalue weighted by atomic mass is 9.94. The molecule has 0 unspecified atom stereocenters. The number of fused-ring (bicyclic) bond motifs is 10. The predicted octanol–water partition coefficient (Wildman–Crippen LogP) is 16.2. The fraction of sp³-hybridized carbons (Fsp3) is 0. The lowest BCUT2D eigenvalue weighted by Gasteiger charge is -2.29. The fourth-order valence-corrected chi connectivity index (χ4v) is 9.30. The molecule has 0 aliphatic rings. The second-order valence-electron chi connectivity index (χ2n) is 15.2. The number of benzene rings is 11. The van der Waals surface area contributed by atoms with Gasteiger partial charge in [-0.15, -0.1) is 0 Å². The van der Waals surface area contributed by atoms with Crippen LogP contribution in [0.15, 0.2) is 217 Å². The van der Waals surface area contributed by atoms with Crippen LogP contribution in [0.5, 0.6) is 0 Å². The Morgan fingerprint density at radius 1 is 0.293 bits per heavy atom. The van der Waals surface area contributed by atoms with Gasteiger partial charge in [0.25, 0.3) is 0 Å². The highest BCUT2D eigenvalue weighted by molar-refractivity contribution is 6.16. The van der Waals surface area contributed by atoms with Crippen LogP contribution in [-0.4, -0.2) is 0 Å². The van der Waals surface area contributed by atoms with E-state index in [1.807, 2.05) is 0 Å². The zero-order valence-corrected chi connectivity index (χ0v) is 31.6. The molecule has 0 fully saturated rings. The van der Waals surface area contributed by atoms with Crippen molar-refractivity contribution in [1.29, 1.82) is 0 Å². The van der Waals surface area contributed by atoms with Gasteiger partial charge < -0.3 is 9.32 Å². The third kappa shape index (κ3) is 5.05. The molecule has 12 rings (SSSR count). The Morgan fingerprint density at radius 3 is 1.59 bits per heavy atom. The summed E-state index contributed by atoms with van der Waals surface area (Å²) in [6.07, 6.45) is 0. The van der Waals surface area contributed by atoms with Crippen LogP contribution in [0, 0.1) is 0 Å². The minimum atomic E-state index is 0.892. The van der Waals surface area contributed by atoms with E-state index in [-0.39, 0.29) is 0 Å². The summed E-state index contributed by atoms with van der Waals surface area (Å²) in [5, 5.41) is 14.6. The fourth-order valence-electron chi connectivity index (χ4n) is 9.30. The standard InChI is InChI=1S/C56H35NO/c1-2-15-40-35-55-52(34-39(40)14-1)51-23-10-22-50(56(51)58-55)48-18-7-8-24-53(48)57(54-25-11-21-46-43-17-6-4-13-37(43)29-33-49(46)54)41-30-26-38(27-31-41)44-19-9-20-45-42-16-5-3-12-36(42)28-32-47(44)45/h1-35H. The van der Waals surface area contributed by atoms with Gasteiger partial charge in [-0.25, -0.2) is 0 Å². The van der Waals surface area contributed by atoms with Crippen LogP contribution in [0.4, 0.5) is 17.1 Å². The van der Waals surface area contributed by atoms with Crippen molar-refractivity contribution in [3.05, 3.63) is 212 Å². The lowest BCUT2D eigenvalue weighted by Crippen LogP contribution is -2.11. The Balaban J connectivity index is 1.08. The Hall–Kier alpha value is -7.68. The molecule has 0 saturated heterocycles. The van der Waals surface area contributed by atoms with E-state index in [1.165, 1.54) is 65.0 Å². The molecule has 0 atom stereocenters. The lowest BCUT2D eigenvalue weighted by molar-refractivity contribution is 0.670. The maximum atomic E-state index is 6.82. The number of nitrogens with zero attached hydrogens (tertiary/aromatic N) is 1. The van der Waals surface area contributed by atoms with E-state index < -0.39 is 0 Å². The van der Waals surface area contributed by atoms with Crippen molar-refractivity contribution in [2.75, 3.05) is 4.90 Å². The highest BCUT2D eigenvalue weighted by Crippen LogP contribution is 2.47. The number of hydrogen-bond donors (Lipinski definition) is 0. The molecule has 0 radical (unpaired) electrons. The van der Waals surface area contributed by atoms with Crippen LogP contribution in [0.25, 0.3) is 98.1 Å². The van der Waals surface area contributed by atoms with Crippen LogP contribution < -0.4 is 4.90 Å². The second-order valence-corrected chi connectivity index (χ2v) is 15.2. The summed E-state index contributed by atoms with van der Waals surface area (Å²) >= 11 is 0. The van der Waals surface area contributed by atoms with Crippen molar-refractivity contribution in [2.24, 2.45) is 0 Å². The number of furan rings is 1. The Bertz CT molecular complexity index is 3580. The second kappa shape index (κ2) is 12.9. The summed E-state index contributed by atoms with van der Waals surface area (Å²) in [7, 11) is 0. The van der Waals surface area contributed by atoms with E-state index in [0.717, 1.165) is 50.1 Å². The van der Waals surface area contributed by atoms with Crippen LogP contribution in [0.2, 0.25) is 0 Å². The molecule has 0 saturated carbocycles. The van der Waals surface area contributed by atoms with E-state index in [1.54, 1.807) is 0 Å². The van der Waals surface area contributed by atoms with Gasteiger partial charge in [-0.05, 0) is 96.0 Å². The molecule has 58 heavy (non-hydrogen) atoms. The molecule has 0 amide bonds. The molecule has 0 N–H and O–H groups in total. The topological polar surface area (TPSA) is 16.4 Å². The van der Waals surface area contributed by atoms with Gasteiger partial charge >= 0.3 is 0 Å². The maximum absolute atomic E-state index is 6.82. The van der Waals surface area contributed by atoms with Crippen molar-refractivity contribution in [3.8, 4) is 22.3 Å². The van der Waals surface area contributed by atoms with Gasteiger partial charge in [-0.1, -0.05) is 176 Å². The van der Waals surface area contributed by atoms with Crippen LogP contribution in [0.3, 0.4) is 0 Å². The van der Waals surface area contributed by atoms with Crippen molar-refractivity contribution in [2.45, 2.75) is 0 Å². The number of rotatable bonds is 5. The zero-order valence-electron chi connectivity index (χ0n) is 31.6. The molecule has 0 aliphatic carbocycles. The molecule has 0 bridgehead atoms. The largest absolute Gasteiger partial charge is 0.455 e. The first-order valence-electron chi connectivity index (χ1n) is 19.9. The monoisotopic (exact) mass is 737 g/mol. The summed E-state index contributed by atoms with van der Waals surface area (Å²) < 4.78 is 6.82. The molecule has 1 heterocycles. The van der Waals surface area contributed by atoms with Crippen molar-refractivity contribution in [1.82, 2.24) is 0 Å². The summed E-state index contributed by atoms with van der Waals surface area (Å²) in [6, 6.07) is 77.1. The molecule has 1 aromatic heterocycles. The summed E-state index contributed by atoms with van der Waals surface area (Å²) in [6.45, 7) is 0.